The molecule has 0 saturated carbocycles. The molecule has 21 heavy (non-hydrogen) atoms. The van der Waals surface area contributed by atoms with Gasteiger partial charge in [0.15, 0.2) is 11.5 Å². The molecule has 0 radical (unpaired) electrons. The van der Waals surface area contributed by atoms with Crippen LogP contribution < -0.4 is 10.2 Å². The van der Waals surface area contributed by atoms with Crippen LogP contribution in [0, 0.1) is 0 Å². The Morgan fingerprint density at radius 3 is 2.71 bits per heavy atom. The van der Waals surface area contributed by atoms with Crippen LogP contribution in [-0.4, -0.2) is 58.9 Å². The first-order valence-corrected chi connectivity index (χ1v) is 7.11. The van der Waals surface area contributed by atoms with E-state index in [-0.39, 0.29) is 12.5 Å². The highest BCUT2D eigenvalue weighted by atomic mass is 16.2. The van der Waals surface area contributed by atoms with Gasteiger partial charge in [-0.25, -0.2) is 9.97 Å². The lowest BCUT2D eigenvalue weighted by Gasteiger charge is -2.24. The third kappa shape index (κ3) is 3.07. The van der Waals surface area contributed by atoms with Gasteiger partial charge in [-0.1, -0.05) is 0 Å². The molecule has 114 valence electrons. The molecule has 0 aromatic carbocycles. The van der Waals surface area contributed by atoms with Gasteiger partial charge in [0, 0.05) is 39.6 Å². The monoisotopic (exact) mass is 290 g/mol. The van der Waals surface area contributed by atoms with E-state index in [4.69, 9.17) is 0 Å². The molecule has 0 atom stereocenters. The zero-order chi connectivity index (χ0) is 15.4. The lowest BCUT2D eigenvalue weighted by Crippen LogP contribution is -2.39. The Balaban J connectivity index is 2.28. The molecule has 7 nitrogen and oxygen atoms in total. The number of hydrogen-bond acceptors (Lipinski definition) is 5. The summed E-state index contributed by atoms with van der Waals surface area (Å²) in [5.74, 6) is 1.51. The summed E-state index contributed by atoms with van der Waals surface area (Å²) < 4.78 is 1.90. The zero-order valence-corrected chi connectivity index (χ0v) is 13.0. The number of amides is 1. The molecule has 2 heterocycles. The minimum atomic E-state index is 0.0869. The second-order valence-corrected chi connectivity index (χ2v) is 4.78. The van der Waals surface area contributed by atoms with Crippen LogP contribution in [-0.2, 0) is 4.79 Å². The number of carbonyl (C=O) groups excluding carboxylic acids is 1. The maximum atomic E-state index is 12.2. The lowest BCUT2D eigenvalue weighted by atomic mass is 10.4. The average molecular weight is 290 g/mol. The molecule has 2 aromatic heterocycles. The standard InChI is InChI=1S/C14H22N6O/c1-5-19(6-2)12(21)10-18(4)14-13-16-7-8-20(13)9-11(15-3)17-14/h7-9,15H,5-6,10H2,1-4H3. The number of rotatable bonds is 6. The summed E-state index contributed by atoms with van der Waals surface area (Å²) in [7, 11) is 3.67. The van der Waals surface area contributed by atoms with Crippen LogP contribution in [0.2, 0.25) is 0 Å². The predicted octanol–water partition coefficient (Wildman–Crippen LogP) is 1.08. The number of fused-ring (bicyclic) bond motifs is 1. The molecule has 7 heteroatoms. The smallest absolute Gasteiger partial charge is 0.242 e. The fourth-order valence-electron chi connectivity index (χ4n) is 2.25. The summed E-state index contributed by atoms with van der Waals surface area (Å²) in [4.78, 5) is 24.7. The molecule has 2 aromatic rings. The van der Waals surface area contributed by atoms with Crippen LogP contribution in [0.5, 0.6) is 0 Å². The maximum Gasteiger partial charge on any atom is 0.242 e. The van der Waals surface area contributed by atoms with Crippen LogP contribution in [0.1, 0.15) is 13.8 Å². The number of nitrogens with zero attached hydrogens (tertiary/aromatic N) is 5. The third-order valence-corrected chi connectivity index (χ3v) is 3.46. The summed E-state index contributed by atoms with van der Waals surface area (Å²) in [5.41, 5.74) is 0.740. The molecule has 0 aliphatic rings. The molecule has 2 rings (SSSR count). The minimum Gasteiger partial charge on any atom is -0.372 e. The number of hydrogen-bond donors (Lipinski definition) is 1. The molecule has 0 bridgehead atoms. The third-order valence-electron chi connectivity index (χ3n) is 3.46. The Morgan fingerprint density at radius 2 is 2.10 bits per heavy atom. The van der Waals surface area contributed by atoms with Gasteiger partial charge in [-0.3, -0.25) is 4.79 Å². The number of likely N-dealkylation sites (N-methyl/N-ethyl adjacent to an activating group) is 2. The zero-order valence-electron chi connectivity index (χ0n) is 13.0. The Kier molecular flexibility index (Phi) is 4.62. The number of anilines is 2. The van der Waals surface area contributed by atoms with Gasteiger partial charge in [-0.2, -0.15) is 0 Å². The first kappa shape index (κ1) is 15.1. The van der Waals surface area contributed by atoms with E-state index < -0.39 is 0 Å². The molecule has 0 aliphatic heterocycles. The van der Waals surface area contributed by atoms with Crippen molar-refractivity contribution in [2.45, 2.75) is 13.8 Å². The summed E-state index contributed by atoms with van der Waals surface area (Å²) in [6.07, 6.45) is 5.45. The van der Waals surface area contributed by atoms with Crippen LogP contribution in [0.4, 0.5) is 11.6 Å². The molecular formula is C14H22N6O. The van der Waals surface area contributed by atoms with E-state index in [1.54, 1.807) is 11.1 Å². The molecule has 0 spiro atoms. The van der Waals surface area contributed by atoms with Crippen molar-refractivity contribution in [2.24, 2.45) is 0 Å². The highest BCUT2D eigenvalue weighted by molar-refractivity contribution is 5.82. The molecular weight excluding hydrogens is 268 g/mol. The Bertz CT molecular complexity index is 619. The molecule has 0 fully saturated rings. The minimum absolute atomic E-state index is 0.0869. The van der Waals surface area contributed by atoms with E-state index in [0.29, 0.717) is 18.9 Å². The summed E-state index contributed by atoms with van der Waals surface area (Å²) >= 11 is 0. The van der Waals surface area contributed by atoms with Crippen molar-refractivity contribution >= 4 is 23.2 Å². The van der Waals surface area contributed by atoms with Crippen molar-refractivity contribution in [3.63, 3.8) is 0 Å². The molecule has 0 saturated heterocycles. The van der Waals surface area contributed by atoms with Crippen LogP contribution in [0.3, 0.4) is 0 Å². The average Bonchev–Trinajstić information content (AvgIpc) is 2.95. The second-order valence-electron chi connectivity index (χ2n) is 4.78. The molecule has 0 unspecified atom stereocenters. The van der Waals surface area contributed by atoms with Gasteiger partial charge in [0.2, 0.25) is 5.91 Å². The van der Waals surface area contributed by atoms with E-state index in [2.05, 4.69) is 15.3 Å². The molecule has 1 N–H and O–H groups in total. The van der Waals surface area contributed by atoms with Crippen LogP contribution in [0.25, 0.3) is 5.65 Å². The van der Waals surface area contributed by atoms with E-state index in [1.165, 1.54) is 0 Å². The highest BCUT2D eigenvalue weighted by Gasteiger charge is 2.17. The predicted molar refractivity (Wildman–Crippen MR) is 83.7 cm³/mol. The van der Waals surface area contributed by atoms with E-state index in [0.717, 1.165) is 11.5 Å². The van der Waals surface area contributed by atoms with Crippen LogP contribution >= 0.6 is 0 Å². The highest BCUT2D eigenvalue weighted by Crippen LogP contribution is 2.19. The molecule has 1 amide bonds. The fourth-order valence-corrected chi connectivity index (χ4v) is 2.25. The van der Waals surface area contributed by atoms with Crippen molar-refractivity contribution in [2.75, 3.05) is 43.9 Å². The number of nitrogens with one attached hydrogen (secondary N) is 1. The largest absolute Gasteiger partial charge is 0.372 e. The van der Waals surface area contributed by atoms with Gasteiger partial charge in [-0.15, -0.1) is 0 Å². The maximum absolute atomic E-state index is 12.2. The van der Waals surface area contributed by atoms with Gasteiger partial charge in [0.05, 0.1) is 12.7 Å². The van der Waals surface area contributed by atoms with Gasteiger partial charge in [0.25, 0.3) is 0 Å². The van der Waals surface area contributed by atoms with Crippen molar-refractivity contribution in [3.05, 3.63) is 18.6 Å². The van der Waals surface area contributed by atoms with Gasteiger partial charge < -0.3 is 19.5 Å². The topological polar surface area (TPSA) is 65.8 Å². The summed E-state index contributed by atoms with van der Waals surface area (Å²) in [5, 5.41) is 3.02. The van der Waals surface area contributed by atoms with Gasteiger partial charge in [-0.05, 0) is 13.8 Å². The van der Waals surface area contributed by atoms with Gasteiger partial charge in [0.1, 0.15) is 5.82 Å². The number of carbonyl (C=O) groups is 1. The lowest BCUT2D eigenvalue weighted by molar-refractivity contribution is -0.129. The Hall–Kier alpha value is -2.31. The quantitative estimate of drug-likeness (QED) is 0.862. The first-order chi connectivity index (χ1) is 10.1. The SMILES string of the molecule is CCN(CC)C(=O)CN(C)c1nc(NC)cn2ccnc12. The van der Waals surface area contributed by atoms with Gasteiger partial charge >= 0.3 is 0 Å². The van der Waals surface area contributed by atoms with Crippen LogP contribution in [0.15, 0.2) is 18.6 Å². The fraction of sp³-hybridized carbons (Fsp3) is 0.500. The van der Waals surface area contributed by atoms with Crippen molar-refractivity contribution in [1.82, 2.24) is 19.3 Å². The van der Waals surface area contributed by atoms with E-state index in [9.17, 15) is 4.79 Å². The molecule has 0 aliphatic carbocycles. The summed E-state index contributed by atoms with van der Waals surface area (Å²) in [6.45, 7) is 5.67. The van der Waals surface area contributed by atoms with E-state index in [1.807, 2.05) is 49.6 Å². The number of aromatic nitrogens is 3. The van der Waals surface area contributed by atoms with Crippen molar-refractivity contribution in [3.8, 4) is 0 Å². The second kappa shape index (κ2) is 6.43. The summed E-state index contributed by atoms with van der Waals surface area (Å²) in [6, 6.07) is 0. The van der Waals surface area contributed by atoms with Crippen molar-refractivity contribution in [1.29, 1.82) is 0 Å². The number of imidazole rings is 1. The Labute approximate surface area is 124 Å². The Morgan fingerprint density at radius 1 is 1.38 bits per heavy atom. The first-order valence-electron chi connectivity index (χ1n) is 7.11. The normalized spacial score (nSPS) is 10.7. The van der Waals surface area contributed by atoms with E-state index >= 15 is 0 Å². The van der Waals surface area contributed by atoms with Crippen molar-refractivity contribution < 1.29 is 4.79 Å².